The Morgan fingerprint density at radius 2 is 2.11 bits per heavy atom. The minimum Gasteiger partial charge on any atom is -0.359 e. The molecule has 0 fully saturated rings. The fourth-order valence-electron chi connectivity index (χ4n) is 2.46. The number of guanidine groups is 1. The predicted octanol–water partition coefficient (Wildman–Crippen LogP) is 3.25. The molecular weight excluding hydrogens is 469 g/mol. The molecule has 150 valence electrons. The predicted molar refractivity (Wildman–Crippen MR) is 119 cm³/mol. The molecule has 0 saturated heterocycles. The lowest BCUT2D eigenvalue weighted by Crippen LogP contribution is -2.36. The molecule has 0 aliphatic heterocycles. The number of rotatable bonds is 7. The number of nitrogens with zero attached hydrogens (tertiary/aromatic N) is 5. The molecule has 28 heavy (non-hydrogen) atoms. The van der Waals surface area contributed by atoms with Crippen LogP contribution in [0.1, 0.15) is 43.7 Å². The third kappa shape index (κ3) is 6.04. The second-order valence-corrected chi connectivity index (χ2v) is 6.39. The zero-order chi connectivity index (χ0) is 19.1. The van der Waals surface area contributed by atoms with Gasteiger partial charge in [-0.3, -0.25) is 0 Å². The first-order valence-electron chi connectivity index (χ1n) is 9.08. The summed E-state index contributed by atoms with van der Waals surface area (Å²) < 4.78 is 7.09. The average molecular weight is 495 g/mol. The van der Waals surface area contributed by atoms with Gasteiger partial charge >= 0.3 is 0 Å². The van der Waals surface area contributed by atoms with Crippen LogP contribution in [0.5, 0.6) is 0 Å². The van der Waals surface area contributed by atoms with Crippen molar-refractivity contribution in [3.8, 4) is 5.82 Å². The largest absolute Gasteiger partial charge is 0.359 e. The van der Waals surface area contributed by atoms with Crippen LogP contribution < -0.4 is 10.6 Å². The van der Waals surface area contributed by atoms with Crippen LogP contribution in [0.2, 0.25) is 0 Å². The lowest BCUT2D eigenvalue weighted by atomic mass is 10.1. The van der Waals surface area contributed by atoms with Crippen LogP contribution in [-0.4, -0.2) is 32.4 Å². The van der Waals surface area contributed by atoms with Gasteiger partial charge in [-0.2, -0.15) is 5.10 Å². The highest BCUT2D eigenvalue weighted by Gasteiger charge is 2.08. The molecule has 0 aromatic carbocycles. The van der Waals surface area contributed by atoms with E-state index in [-0.39, 0.29) is 24.0 Å². The van der Waals surface area contributed by atoms with Crippen LogP contribution in [0, 0.1) is 0 Å². The zero-order valence-electron chi connectivity index (χ0n) is 16.3. The average Bonchev–Trinajstić information content (AvgIpc) is 3.36. The SMILES string of the molecule is CCNC(=NCc1ccnc(-n2cccn2)c1)NCc1cc(C(C)C)no1.I. The van der Waals surface area contributed by atoms with E-state index in [2.05, 4.69) is 44.7 Å². The quantitative estimate of drug-likeness (QED) is 0.297. The highest BCUT2D eigenvalue weighted by atomic mass is 127. The molecular formula is C19H26IN7O. The molecule has 3 heterocycles. The van der Waals surface area contributed by atoms with E-state index in [1.165, 1.54) is 0 Å². The van der Waals surface area contributed by atoms with Gasteiger partial charge in [0, 0.05) is 31.2 Å². The van der Waals surface area contributed by atoms with Gasteiger partial charge in [-0.15, -0.1) is 24.0 Å². The Hall–Kier alpha value is -2.43. The molecule has 0 spiro atoms. The smallest absolute Gasteiger partial charge is 0.191 e. The van der Waals surface area contributed by atoms with E-state index < -0.39 is 0 Å². The molecule has 0 aliphatic rings. The third-order valence-electron chi connectivity index (χ3n) is 3.91. The van der Waals surface area contributed by atoms with Crippen LogP contribution in [0.4, 0.5) is 0 Å². The van der Waals surface area contributed by atoms with Gasteiger partial charge < -0.3 is 15.2 Å². The highest BCUT2D eigenvalue weighted by molar-refractivity contribution is 14.0. The van der Waals surface area contributed by atoms with E-state index in [1.807, 2.05) is 37.4 Å². The summed E-state index contributed by atoms with van der Waals surface area (Å²) in [7, 11) is 0. The van der Waals surface area contributed by atoms with Gasteiger partial charge in [-0.25, -0.2) is 14.7 Å². The summed E-state index contributed by atoms with van der Waals surface area (Å²) in [5.41, 5.74) is 2.01. The maximum atomic E-state index is 5.36. The highest BCUT2D eigenvalue weighted by Crippen LogP contribution is 2.13. The minimum atomic E-state index is 0. The van der Waals surface area contributed by atoms with Crippen LogP contribution in [0.15, 0.2) is 52.4 Å². The Labute approximate surface area is 181 Å². The molecule has 3 aromatic heterocycles. The van der Waals surface area contributed by atoms with Crippen molar-refractivity contribution in [1.29, 1.82) is 0 Å². The summed E-state index contributed by atoms with van der Waals surface area (Å²) in [4.78, 5) is 8.98. The van der Waals surface area contributed by atoms with Crippen molar-refractivity contribution in [1.82, 2.24) is 30.6 Å². The van der Waals surface area contributed by atoms with E-state index in [4.69, 9.17) is 4.52 Å². The summed E-state index contributed by atoms with van der Waals surface area (Å²) in [5, 5.41) is 14.8. The van der Waals surface area contributed by atoms with Gasteiger partial charge in [-0.1, -0.05) is 19.0 Å². The normalized spacial score (nSPS) is 11.4. The van der Waals surface area contributed by atoms with Crippen LogP contribution in [0.3, 0.4) is 0 Å². The molecule has 0 radical (unpaired) electrons. The first-order chi connectivity index (χ1) is 13.2. The minimum absolute atomic E-state index is 0. The van der Waals surface area contributed by atoms with Crippen molar-refractivity contribution in [3.05, 3.63) is 59.9 Å². The molecule has 2 N–H and O–H groups in total. The number of halogens is 1. The molecule has 0 aliphatic carbocycles. The van der Waals surface area contributed by atoms with Gasteiger partial charge in [0.2, 0.25) is 0 Å². The van der Waals surface area contributed by atoms with Gasteiger partial charge in [0.15, 0.2) is 17.5 Å². The zero-order valence-corrected chi connectivity index (χ0v) is 18.6. The van der Waals surface area contributed by atoms with E-state index in [0.29, 0.717) is 19.0 Å². The Balaban J connectivity index is 0.00000280. The first kappa shape index (κ1) is 21.9. The number of aliphatic imine (C=N–C) groups is 1. The Kier molecular flexibility index (Phi) is 8.42. The topological polar surface area (TPSA) is 93.2 Å². The summed E-state index contributed by atoms with van der Waals surface area (Å²) in [6, 6.07) is 7.77. The molecule has 8 nitrogen and oxygen atoms in total. The fraction of sp³-hybridized carbons (Fsp3) is 0.368. The van der Waals surface area contributed by atoms with Gasteiger partial charge in [0.25, 0.3) is 0 Å². The van der Waals surface area contributed by atoms with Crippen LogP contribution >= 0.6 is 24.0 Å². The molecule has 0 saturated carbocycles. The number of aromatic nitrogens is 4. The second-order valence-electron chi connectivity index (χ2n) is 6.39. The second kappa shape index (κ2) is 10.8. The van der Waals surface area contributed by atoms with Crippen molar-refractivity contribution >= 4 is 29.9 Å². The molecule has 3 rings (SSSR count). The Morgan fingerprint density at radius 3 is 2.79 bits per heavy atom. The fourth-order valence-corrected chi connectivity index (χ4v) is 2.46. The van der Waals surface area contributed by atoms with Crippen molar-refractivity contribution in [3.63, 3.8) is 0 Å². The summed E-state index contributed by atoms with van der Waals surface area (Å²) in [6.45, 7) is 8.04. The van der Waals surface area contributed by atoms with E-state index in [9.17, 15) is 0 Å². The molecule has 0 unspecified atom stereocenters. The number of hydrogen-bond donors (Lipinski definition) is 2. The van der Waals surface area contributed by atoms with Gasteiger partial charge in [-0.05, 0) is 36.6 Å². The molecule has 0 bridgehead atoms. The number of pyridine rings is 1. The van der Waals surface area contributed by atoms with Crippen molar-refractivity contribution in [2.75, 3.05) is 6.54 Å². The van der Waals surface area contributed by atoms with E-state index in [1.54, 1.807) is 17.1 Å². The summed E-state index contributed by atoms with van der Waals surface area (Å²) in [6.07, 6.45) is 5.36. The monoisotopic (exact) mass is 495 g/mol. The van der Waals surface area contributed by atoms with Crippen LogP contribution in [0.25, 0.3) is 5.82 Å². The molecule has 0 amide bonds. The summed E-state index contributed by atoms with van der Waals surface area (Å²) in [5.74, 6) is 2.63. The number of nitrogens with one attached hydrogen (secondary N) is 2. The maximum absolute atomic E-state index is 5.36. The van der Waals surface area contributed by atoms with Gasteiger partial charge in [0.05, 0.1) is 18.8 Å². The number of hydrogen-bond acceptors (Lipinski definition) is 5. The first-order valence-corrected chi connectivity index (χ1v) is 9.08. The van der Waals surface area contributed by atoms with E-state index >= 15 is 0 Å². The summed E-state index contributed by atoms with van der Waals surface area (Å²) >= 11 is 0. The lowest BCUT2D eigenvalue weighted by Gasteiger charge is -2.10. The maximum Gasteiger partial charge on any atom is 0.191 e. The third-order valence-corrected chi connectivity index (χ3v) is 3.91. The lowest BCUT2D eigenvalue weighted by molar-refractivity contribution is 0.372. The van der Waals surface area contributed by atoms with E-state index in [0.717, 1.165) is 35.3 Å². The molecule has 0 atom stereocenters. The Bertz CT molecular complexity index is 874. The van der Waals surface area contributed by atoms with Crippen LogP contribution in [-0.2, 0) is 13.1 Å². The Morgan fingerprint density at radius 1 is 1.25 bits per heavy atom. The standard InChI is InChI=1S/C19H25N7O.HI/c1-4-20-19(23-13-16-11-17(14(2)3)25-27-16)22-12-15-6-8-21-18(10-15)26-9-5-7-24-26;/h5-11,14H,4,12-13H2,1-3H3,(H2,20,22,23);1H. The molecule has 3 aromatic rings. The van der Waals surface area contributed by atoms with Gasteiger partial charge in [0.1, 0.15) is 0 Å². The molecule has 9 heteroatoms. The van der Waals surface area contributed by atoms with Crippen molar-refractivity contribution < 1.29 is 4.52 Å². The van der Waals surface area contributed by atoms with Crippen molar-refractivity contribution in [2.24, 2.45) is 4.99 Å². The van der Waals surface area contributed by atoms with Crippen molar-refractivity contribution in [2.45, 2.75) is 39.8 Å².